The van der Waals surface area contributed by atoms with E-state index in [1.165, 1.54) is 0 Å². The summed E-state index contributed by atoms with van der Waals surface area (Å²) in [5.41, 5.74) is 7.00. The van der Waals surface area contributed by atoms with E-state index in [0.29, 0.717) is 18.5 Å². The molecule has 1 atom stereocenters. The van der Waals surface area contributed by atoms with Gasteiger partial charge in [-0.2, -0.15) is 4.98 Å². The second-order valence-electron chi connectivity index (χ2n) is 6.23. The van der Waals surface area contributed by atoms with Crippen molar-refractivity contribution >= 4 is 40.6 Å². The quantitative estimate of drug-likeness (QED) is 0.212. The number of thioether (sulfide) groups is 1. The average molecular weight is 379 g/mol. The summed E-state index contributed by atoms with van der Waals surface area (Å²) >= 11 is 1.54. The number of ether oxygens (including phenoxy) is 1. The fourth-order valence-electron chi connectivity index (χ4n) is 2.66. The summed E-state index contributed by atoms with van der Waals surface area (Å²) < 4.78 is 5.02. The van der Waals surface area contributed by atoms with Gasteiger partial charge in [0.25, 0.3) is 0 Å². The van der Waals surface area contributed by atoms with Crippen molar-refractivity contribution in [2.75, 3.05) is 18.1 Å². The minimum atomic E-state index is -0.672. The number of nitrogens with zero attached hydrogens (tertiary/aromatic N) is 3. The number of fused-ring (bicyclic) bond motifs is 1. The number of imidazole rings is 1. The lowest BCUT2D eigenvalue weighted by molar-refractivity contribution is -0.153. The van der Waals surface area contributed by atoms with E-state index >= 15 is 0 Å². The van der Waals surface area contributed by atoms with Crippen LogP contribution in [0.25, 0.3) is 11.2 Å². The number of nitrogen functional groups attached to an aromatic ring is 1. The minimum Gasteiger partial charge on any atom is -0.465 e. The average Bonchev–Trinajstić information content (AvgIpc) is 3.02. The predicted molar refractivity (Wildman–Crippen MR) is 101 cm³/mol. The van der Waals surface area contributed by atoms with Gasteiger partial charge in [0.1, 0.15) is 22.2 Å². The number of aromatic amines is 1. The molecule has 0 amide bonds. The van der Waals surface area contributed by atoms with Crippen LogP contribution in [-0.2, 0) is 14.3 Å². The van der Waals surface area contributed by atoms with Gasteiger partial charge in [-0.05, 0) is 31.4 Å². The molecule has 0 aromatic carbocycles. The molecule has 0 fully saturated rings. The summed E-state index contributed by atoms with van der Waals surface area (Å²) in [4.78, 5) is 39.7. The van der Waals surface area contributed by atoms with Crippen molar-refractivity contribution in [3.8, 4) is 0 Å². The first-order valence-electron chi connectivity index (χ1n) is 8.72. The van der Waals surface area contributed by atoms with Gasteiger partial charge in [0.15, 0.2) is 5.65 Å². The molecule has 2 aromatic heterocycles. The molecule has 2 rings (SSSR count). The van der Waals surface area contributed by atoms with Crippen LogP contribution in [0.5, 0.6) is 0 Å². The standard InChI is InChI=1S/C17H25N5O3S/c1-4-25-16(24)12(10(2)3)11(23)7-5-6-8-26-15-13-14(20-9-19-13)21-17(18)22-15/h9-10,12H,4-8H2,1-3H3,(H3,18,19,20,21,22)/t12-/m0/s1. The molecule has 0 aliphatic rings. The first kappa shape index (κ1) is 20.2. The number of ketones is 1. The zero-order chi connectivity index (χ0) is 19.1. The van der Waals surface area contributed by atoms with Gasteiger partial charge in [-0.15, -0.1) is 11.8 Å². The van der Waals surface area contributed by atoms with E-state index in [2.05, 4.69) is 19.9 Å². The number of carbonyl (C=O) groups is 2. The number of hydrogen-bond donors (Lipinski definition) is 2. The summed E-state index contributed by atoms with van der Waals surface area (Å²) in [5.74, 6) is -0.228. The lowest BCUT2D eigenvalue weighted by atomic mass is 9.89. The highest BCUT2D eigenvalue weighted by atomic mass is 32.2. The molecule has 0 spiro atoms. The van der Waals surface area contributed by atoms with E-state index in [9.17, 15) is 9.59 Å². The molecule has 0 saturated carbocycles. The lowest BCUT2D eigenvalue weighted by Crippen LogP contribution is -2.30. The first-order chi connectivity index (χ1) is 12.4. The number of rotatable bonds is 10. The summed E-state index contributed by atoms with van der Waals surface area (Å²) in [7, 11) is 0. The molecule has 0 aliphatic heterocycles. The third-order valence-corrected chi connectivity index (χ3v) is 4.94. The van der Waals surface area contributed by atoms with Gasteiger partial charge in [0.2, 0.25) is 5.95 Å². The van der Waals surface area contributed by atoms with Crippen molar-refractivity contribution in [2.45, 2.75) is 45.1 Å². The van der Waals surface area contributed by atoms with Gasteiger partial charge in [0.05, 0.1) is 12.9 Å². The van der Waals surface area contributed by atoms with Crippen molar-refractivity contribution < 1.29 is 14.3 Å². The van der Waals surface area contributed by atoms with Crippen LogP contribution in [0.4, 0.5) is 5.95 Å². The third-order valence-electron chi connectivity index (χ3n) is 3.88. The highest BCUT2D eigenvalue weighted by Gasteiger charge is 2.30. The molecule has 0 unspecified atom stereocenters. The van der Waals surface area contributed by atoms with Gasteiger partial charge >= 0.3 is 5.97 Å². The third kappa shape index (κ3) is 5.17. The predicted octanol–water partition coefficient (Wildman–Crippen LogP) is 2.60. The van der Waals surface area contributed by atoms with E-state index in [4.69, 9.17) is 10.5 Å². The maximum atomic E-state index is 12.4. The Kier molecular flexibility index (Phi) is 7.38. The van der Waals surface area contributed by atoms with Gasteiger partial charge in [0, 0.05) is 6.42 Å². The van der Waals surface area contributed by atoms with Crippen molar-refractivity contribution in [3.63, 3.8) is 0 Å². The van der Waals surface area contributed by atoms with Crippen molar-refractivity contribution in [1.82, 2.24) is 19.9 Å². The van der Waals surface area contributed by atoms with E-state index in [0.717, 1.165) is 22.7 Å². The fourth-order valence-corrected chi connectivity index (χ4v) is 3.65. The SMILES string of the molecule is CCOC(=O)[C@H](C(=O)CCCCSc1nc(N)nc2nc[nH]c12)C(C)C. The number of nitrogens with two attached hydrogens (primary N) is 1. The van der Waals surface area contributed by atoms with Crippen LogP contribution in [-0.4, -0.2) is 44.0 Å². The Balaban J connectivity index is 1.81. The highest BCUT2D eigenvalue weighted by Crippen LogP contribution is 2.25. The number of Topliss-reactive ketones (excluding diaryl/α,β-unsaturated/α-hetero) is 1. The number of carbonyl (C=O) groups excluding carboxylic acids is 2. The molecule has 0 bridgehead atoms. The van der Waals surface area contributed by atoms with Crippen LogP contribution in [0.3, 0.4) is 0 Å². The number of esters is 1. The number of H-pyrrole nitrogens is 1. The van der Waals surface area contributed by atoms with Gasteiger partial charge in [-0.25, -0.2) is 9.97 Å². The molecule has 2 heterocycles. The number of anilines is 1. The highest BCUT2D eigenvalue weighted by molar-refractivity contribution is 7.99. The van der Waals surface area contributed by atoms with Crippen LogP contribution in [0.15, 0.2) is 11.4 Å². The van der Waals surface area contributed by atoms with Gasteiger partial charge in [-0.1, -0.05) is 13.8 Å². The molecule has 3 N–H and O–H groups in total. The van der Waals surface area contributed by atoms with Crippen molar-refractivity contribution in [2.24, 2.45) is 11.8 Å². The molecule has 142 valence electrons. The molecule has 9 heteroatoms. The van der Waals surface area contributed by atoms with E-state index in [-0.39, 0.29) is 24.3 Å². The summed E-state index contributed by atoms with van der Waals surface area (Å²) in [6, 6.07) is 0. The molecule has 26 heavy (non-hydrogen) atoms. The monoisotopic (exact) mass is 379 g/mol. The molecular formula is C17H25N5O3S. The van der Waals surface area contributed by atoms with Crippen LogP contribution in [0.1, 0.15) is 40.0 Å². The number of unbranched alkanes of at least 4 members (excludes halogenated alkanes) is 1. The molecule has 0 radical (unpaired) electrons. The Hall–Kier alpha value is -2.16. The number of nitrogens with one attached hydrogen (secondary N) is 1. The molecule has 2 aromatic rings. The van der Waals surface area contributed by atoms with Crippen LogP contribution in [0.2, 0.25) is 0 Å². The Morgan fingerprint density at radius 3 is 2.77 bits per heavy atom. The fraction of sp³-hybridized carbons (Fsp3) is 0.588. The number of aromatic nitrogens is 4. The van der Waals surface area contributed by atoms with E-state index < -0.39 is 11.9 Å². The Morgan fingerprint density at radius 1 is 1.31 bits per heavy atom. The Labute approximate surface area is 156 Å². The molecule has 8 nitrogen and oxygen atoms in total. The maximum absolute atomic E-state index is 12.4. The first-order valence-corrected chi connectivity index (χ1v) is 9.71. The van der Waals surface area contributed by atoms with Crippen molar-refractivity contribution in [3.05, 3.63) is 6.33 Å². The second-order valence-corrected chi connectivity index (χ2v) is 7.32. The smallest absolute Gasteiger partial charge is 0.316 e. The second kappa shape index (κ2) is 9.51. The Morgan fingerprint density at radius 2 is 2.08 bits per heavy atom. The summed E-state index contributed by atoms with van der Waals surface area (Å²) in [5, 5.41) is 0.753. The van der Waals surface area contributed by atoms with Gasteiger partial charge in [-0.3, -0.25) is 9.59 Å². The summed E-state index contributed by atoms with van der Waals surface area (Å²) in [6.07, 6.45) is 3.46. The maximum Gasteiger partial charge on any atom is 0.316 e. The van der Waals surface area contributed by atoms with Crippen LogP contribution < -0.4 is 5.73 Å². The van der Waals surface area contributed by atoms with Gasteiger partial charge < -0.3 is 15.5 Å². The van der Waals surface area contributed by atoms with Crippen LogP contribution >= 0.6 is 11.8 Å². The number of hydrogen-bond acceptors (Lipinski definition) is 8. The Bertz CT molecular complexity index is 762. The summed E-state index contributed by atoms with van der Waals surface area (Å²) in [6.45, 7) is 5.76. The minimum absolute atomic E-state index is 0.0503. The zero-order valence-electron chi connectivity index (χ0n) is 15.3. The normalized spacial score (nSPS) is 12.5. The topological polar surface area (TPSA) is 124 Å². The zero-order valence-corrected chi connectivity index (χ0v) is 16.1. The molecule has 0 aliphatic carbocycles. The van der Waals surface area contributed by atoms with Crippen molar-refractivity contribution in [1.29, 1.82) is 0 Å². The largest absolute Gasteiger partial charge is 0.465 e. The molecule has 0 saturated heterocycles. The lowest BCUT2D eigenvalue weighted by Gasteiger charge is -2.17. The molecular weight excluding hydrogens is 354 g/mol. The van der Waals surface area contributed by atoms with Crippen LogP contribution in [0, 0.1) is 11.8 Å². The van der Waals surface area contributed by atoms with E-state index in [1.54, 1.807) is 25.0 Å². The van der Waals surface area contributed by atoms with E-state index in [1.807, 2.05) is 13.8 Å².